The second kappa shape index (κ2) is 12.9. The number of carbonyl (C=O) groups excluding carboxylic acids is 2. The number of anilines is 1. The SMILES string of the molecule is C=CCn1c(SCC(=O)Nc2ccccc2C(C)C)nnc1C(C)NC(=O)Cc1ccc(OC)cc1. The highest BCUT2D eigenvalue weighted by Crippen LogP contribution is 2.25. The van der Waals surface area contributed by atoms with Crippen LogP contribution in [0.3, 0.4) is 0 Å². The largest absolute Gasteiger partial charge is 0.497 e. The highest BCUT2D eigenvalue weighted by molar-refractivity contribution is 7.99. The maximum atomic E-state index is 12.7. The van der Waals surface area contributed by atoms with Crippen LogP contribution in [0.1, 0.15) is 49.7 Å². The summed E-state index contributed by atoms with van der Waals surface area (Å²) in [6.45, 7) is 10.3. The quantitative estimate of drug-likeness (QED) is 0.271. The highest BCUT2D eigenvalue weighted by Gasteiger charge is 2.20. The van der Waals surface area contributed by atoms with Crippen molar-refractivity contribution >= 4 is 29.3 Å². The van der Waals surface area contributed by atoms with E-state index in [-0.39, 0.29) is 30.0 Å². The highest BCUT2D eigenvalue weighted by atomic mass is 32.2. The summed E-state index contributed by atoms with van der Waals surface area (Å²) < 4.78 is 7.03. The maximum Gasteiger partial charge on any atom is 0.234 e. The number of benzene rings is 2. The second-order valence-corrected chi connectivity index (χ2v) is 9.58. The van der Waals surface area contributed by atoms with Crippen LogP contribution in [-0.4, -0.2) is 39.4 Å². The number of methoxy groups -OCH3 is 1. The van der Waals surface area contributed by atoms with E-state index in [2.05, 4.69) is 41.3 Å². The molecule has 0 saturated heterocycles. The van der Waals surface area contributed by atoms with Crippen molar-refractivity contribution in [2.75, 3.05) is 18.2 Å². The molecule has 0 saturated carbocycles. The van der Waals surface area contributed by atoms with E-state index in [1.54, 1.807) is 13.2 Å². The molecule has 0 aliphatic carbocycles. The molecule has 1 atom stereocenters. The molecule has 190 valence electrons. The van der Waals surface area contributed by atoms with E-state index in [0.29, 0.717) is 23.4 Å². The van der Waals surface area contributed by atoms with Crippen LogP contribution >= 0.6 is 11.8 Å². The van der Waals surface area contributed by atoms with E-state index in [1.165, 1.54) is 11.8 Å². The lowest BCUT2D eigenvalue weighted by molar-refractivity contribution is -0.121. The van der Waals surface area contributed by atoms with Gasteiger partial charge in [0.05, 0.1) is 25.3 Å². The molecule has 0 radical (unpaired) electrons. The Hall–Kier alpha value is -3.59. The number of aromatic nitrogens is 3. The van der Waals surface area contributed by atoms with E-state index in [0.717, 1.165) is 22.6 Å². The van der Waals surface area contributed by atoms with Crippen molar-refractivity contribution in [1.29, 1.82) is 0 Å². The van der Waals surface area contributed by atoms with Gasteiger partial charge in [-0.05, 0) is 42.2 Å². The number of nitrogens with one attached hydrogen (secondary N) is 2. The van der Waals surface area contributed by atoms with Gasteiger partial charge < -0.3 is 19.9 Å². The molecule has 36 heavy (non-hydrogen) atoms. The van der Waals surface area contributed by atoms with Crippen LogP contribution in [-0.2, 0) is 22.6 Å². The minimum atomic E-state index is -0.371. The first-order valence-corrected chi connectivity index (χ1v) is 12.8. The number of allylic oxidation sites excluding steroid dienone is 1. The molecule has 9 heteroatoms. The first-order valence-electron chi connectivity index (χ1n) is 11.8. The molecule has 2 amide bonds. The van der Waals surface area contributed by atoms with Crippen LogP contribution in [0.2, 0.25) is 0 Å². The van der Waals surface area contributed by atoms with E-state index < -0.39 is 0 Å². The molecule has 2 N–H and O–H groups in total. The summed E-state index contributed by atoms with van der Waals surface area (Å²) in [5.41, 5.74) is 2.79. The Labute approximate surface area is 216 Å². The molecular weight excluding hydrogens is 474 g/mol. The van der Waals surface area contributed by atoms with Gasteiger partial charge in [0.2, 0.25) is 11.8 Å². The third-order valence-corrected chi connectivity index (χ3v) is 6.50. The van der Waals surface area contributed by atoms with Gasteiger partial charge >= 0.3 is 0 Å². The van der Waals surface area contributed by atoms with Crippen molar-refractivity contribution in [1.82, 2.24) is 20.1 Å². The molecular formula is C27H33N5O3S. The Kier molecular flexibility index (Phi) is 9.69. The minimum Gasteiger partial charge on any atom is -0.497 e. The molecule has 0 aliphatic rings. The number of ether oxygens (including phenoxy) is 1. The molecule has 1 unspecified atom stereocenters. The fraction of sp³-hybridized carbons (Fsp3) is 0.333. The van der Waals surface area contributed by atoms with Gasteiger partial charge in [-0.2, -0.15) is 0 Å². The minimum absolute atomic E-state index is 0.122. The van der Waals surface area contributed by atoms with Gasteiger partial charge in [0.15, 0.2) is 11.0 Å². The number of hydrogen-bond donors (Lipinski definition) is 2. The third-order valence-electron chi connectivity index (χ3n) is 5.53. The van der Waals surface area contributed by atoms with E-state index in [4.69, 9.17) is 4.74 Å². The van der Waals surface area contributed by atoms with E-state index in [1.807, 2.05) is 60.0 Å². The first kappa shape index (κ1) is 27.0. The summed E-state index contributed by atoms with van der Waals surface area (Å²) in [6, 6.07) is 14.8. The summed E-state index contributed by atoms with van der Waals surface area (Å²) in [5.74, 6) is 1.58. The molecule has 1 aromatic heterocycles. The molecule has 0 bridgehead atoms. The lowest BCUT2D eigenvalue weighted by Gasteiger charge is -2.16. The van der Waals surface area contributed by atoms with Gasteiger partial charge in [0, 0.05) is 12.2 Å². The Morgan fingerprint density at radius 1 is 1.08 bits per heavy atom. The zero-order valence-electron chi connectivity index (χ0n) is 21.2. The van der Waals surface area contributed by atoms with Crippen molar-refractivity contribution in [3.8, 4) is 5.75 Å². The van der Waals surface area contributed by atoms with Crippen LogP contribution in [0.4, 0.5) is 5.69 Å². The Morgan fingerprint density at radius 3 is 2.47 bits per heavy atom. The normalized spacial score (nSPS) is 11.7. The number of nitrogens with zero attached hydrogens (tertiary/aromatic N) is 3. The van der Waals surface area contributed by atoms with Crippen LogP contribution in [0.5, 0.6) is 5.75 Å². The number of thioether (sulfide) groups is 1. The summed E-state index contributed by atoms with van der Waals surface area (Å²) in [7, 11) is 1.60. The fourth-order valence-electron chi connectivity index (χ4n) is 3.74. The topological polar surface area (TPSA) is 98.1 Å². The van der Waals surface area contributed by atoms with Gasteiger partial charge in [0.1, 0.15) is 5.75 Å². The molecule has 1 heterocycles. The second-order valence-electron chi connectivity index (χ2n) is 8.63. The number of hydrogen-bond acceptors (Lipinski definition) is 6. The van der Waals surface area contributed by atoms with Crippen LogP contribution in [0, 0.1) is 0 Å². The zero-order valence-corrected chi connectivity index (χ0v) is 22.0. The molecule has 0 aliphatic heterocycles. The van der Waals surface area contributed by atoms with Crippen LogP contribution < -0.4 is 15.4 Å². The number of rotatable bonds is 12. The summed E-state index contributed by atoms with van der Waals surface area (Å²) in [4.78, 5) is 25.3. The number of amides is 2. The van der Waals surface area contributed by atoms with E-state index in [9.17, 15) is 9.59 Å². The van der Waals surface area contributed by atoms with Crippen molar-refractivity contribution < 1.29 is 14.3 Å². The van der Waals surface area contributed by atoms with Crippen molar-refractivity contribution in [3.63, 3.8) is 0 Å². The Morgan fingerprint density at radius 2 is 1.81 bits per heavy atom. The van der Waals surface area contributed by atoms with Crippen LogP contribution in [0.25, 0.3) is 0 Å². The van der Waals surface area contributed by atoms with Gasteiger partial charge in [-0.15, -0.1) is 16.8 Å². The first-order chi connectivity index (χ1) is 17.3. The number of para-hydroxylation sites is 1. The molecule has 0 fully saturated rings. The predicted octanol–water partition coefficient (Wildman–Crippen LogP) is 4.75. The average Bonchev–Trinajstić information content (AvgIpc) is 3.26. The van der Waals surface area contributed by atoms with Crippen molar-refractivity contribution in [2.24, 2.45) is 0 Å². The van der Waals surface area contributed by atoms with Crippen molar-refractivity contribution in [2.45, 2.75) is 50.9 Å². The smallest absolute Gasteiger partial charge is 0.234 e. The Balaban J connectivity index is 1.62. The molecule has 2 aromatic carbocycles. The molecule has 8 nitrogen and oxygen atoms in total. The number of carbonyl (C=O) groups is 2. The molecule has 3 aromatic rings. The van der Waals surface area contributed by atoms with Crippen molar-refractivity contribution in [3.05, 3.63) is 78.1 Å². The van der Waals surface area contributed by atoms with E-state index >= 15 is 0 Å². The Bertz CT molecular complexity index is 1190. The fourth-order valence-corrected chi connectivity index (χ4v) is 4.50. The predicted molar refractivity (Wildman–Crippen MR) is 143 cm³/mol. The zero-order chi connectivity index (χ0) is 26.1. The van der Waals surface area contributed by atoms with Crippen LogP contribution in [0.15, 0.2) is 66.3 Å². The average molecular weight is 508 g/mol. The van der Waals surface area contributed by atoms with Gasteiger partial charge in [0.25, 0.3) is 0 Å². The summed E-state index contributed by atoms with van der Waals surface area (Å²) in [5, 5.41) is 15.1. The summed E-state index contributed by atoms with van der Waals surface area (Å²) >= 11 is 1.30. The molecule has 0 spiro atoms. The lowest BCUT2D eigenvalue weighted by atomic mass is 10.0. The standard InChI is InChI=1S/C27H33N5O3S/c1-6-15-32-26(19(4)28-24(33)16-20-11-13-21(35-5)14-12-20)30-31-27(32)36-17-25(34)29-23-10-8-7-9-22(23)18(2)3/h6-14,18-19H,1,15-17H2,2-5H3,(H,28,33)(H,29,34). The maximum absolute atomic E-state index is 12.7. The van der Waals surface area contributed by atoms with Gasteiger partial charge in [-0.25, -0.2) is 0 Å². The third kappa shape index (κ3) is 7.21. The van der Waals surface area contributed by atoms with Gasteiger partial charge in [-0.3, -0.25) is 9.59 Å². The summed E-state index contributed by atoms with van der Waals surface area (Å²) in [6.07, 6.45) is 1.98. The lowest BCUT2D eigenvalue weighted by Crippen LogP contribution is -2.30. The monoisotopic (exact) mass is 507 g/mol. The molecule has 3 rings (SSSR count). The van der Waals surface area contributed by atoms with Gasteiger partial charge in [-0.1, -0.05) is 62.0 Å².